The molecule has 0 radical (unpaired) electrons. The normalized spacial score (nSPS) is 21.2. The minimum Gasteiger partial charge on any atom is -0.495 e. The van der Waals surface area contributed by atoms with Crippen LogP contribution in [-0.2, 0) is 11.3 Å². The summed E-state index contributed by atoms with van der Waals surface area (Å²) in [5.74, 6) is 1.56. The van der Waals surface area contributed by atoms with Crippen molar-refractivity contribution in [3.05, 3.63) is 41.8 Å². The lowest BCUT2D eigenvalue weighted by Gasteiger charge is -2.32. The lowest BCUT2D eigenvalue weighted by atomic mass is 10.2. The molecule has 0 saturated carbocycles. The number of benzene rings is 1. The van der Waals surface area contributed by atoms with Gasteiger partial charge in [-0.15, -0.1) is 0 Å². The van der Waals surface area contributed by atoms with Gasteiger partial charge in [0.15, 0.2) is 6.04 Å². The first kappa shape index (κ1) is 18.4. The Balaban J connectivity index is 1.51. The van der Waals surface area contributed by atoms with Crippen molar-refractivity contribution >= 4 is 11.6 Å². The molecular formula is C19H28N4O3+2. The van der Waals surface area contributed by atoms with Crippen molar-refractivity contribution < 1.29 is 23.9 Å². The molecule has 3 N–H and O–H groups in total. The number of carbonyl (C=O) groups excluding carboxylic acids is 1. The lowest BCUT2D eigenvalue weighted by Crippen LogP contribution is -3.29. The Morgan fingerprint density at radius 3 is 2.69 bits per heavy atom. The van der Waals surface area contributed by atoms with Gasteiger partial charge in [-0.05, 0) is 26.0 Å². The number of ether oxygens (including phenoxy) is 1. The Kier molecular flexibility index (Phi) is 5.90. The Bertz CT molecular complexity index is 738. The molecule has 1 aliphatic heterocycles. The van der Waals surface area contributed by atoms with Crippen LogP contribution in [-0.4, -0.2) is 50.4 Å². The molecule has 1 amide bonds. The van der Waals surface area contributed by atoms with Crippen LogP contribution in [0.5, 0.6) is 5.75 Å². The molecule has 0 bridgehead atoms. The van der Waals surface area contributed by atoms with Crippen molar-refractivity contribution in [1.82, 2.24) is 5.16 Å². The number of nitrogens with zero attached hydrogens (tertiary/aromatic N) is 1. The highest BCUT2D eigenvalue weighted by Crippen LogP contribution is 2.22. The van der Waals surface area contributed by atoms with Gasteiger partial charge in [-0.2, -0.15) is 0 Å². The van der Waals surface area contributed by atoms with Gasteiger partial charge in [-0.3, -0.25) is 4.79 Å². The van der Waals surface area contributed by atoms with Crippen LogP contribution in [0.2, 0.25) is 0 Å². The van der Waals surface area contributed by atoms with E-state index in [1.54, 1.807) is 7.11 Å². The third kappa shape index (κ3) is 4.42. The monoisotopic (exact) mass is 360 g/mol. The predicted molar refractivity (Wildman–Crippen MR) is 97.4 cm³/mol. The number of aryl methyl sites for hydroxylation is 1. The molecule has 2 heterocycles. The summed E-state index contributed by atoms with van der Waals surface area (Å²) in [6.07, 6.45) is 0. The Morgan fingerprint density at radius 1 is 1.31 bits per heavy atom. The van der Waals surface area contributed by atoms with Gasteiger partial charge in [0.05, 0.1) is 12.8 Å². The average Bonchev–Trinajstić information content (AvgIpc) is 3.07. The number of hydrogen-bond donors (Lipinski definition) is 3. The number of aromatic nitrogens is 1. The third-order valence-corrected chi connectivity index (χ3v) is 5.08. The van der Waals surface area contributed by atoms with Crippen LogP contribution < -0.4 is 19.9 Å². The van der Waals surface area contributed by atoms with E-state index in [1.807, 2.05) is 44.2 Å². The molecule has 7 heteroatoms. The number of nitrogens with one attached hydrogen (secondary N) is 3. The maximum Gasteiger partial charge on any atom is 0.282 e. The highest BCUT2D eigenvalue weighted by Gasteiger charge is 2.31. The second-order valence-corrected chi connectivity index (χ2v) is 6.93. The Labute approximate surface area is 153 Å². The minimum absolute atomic E-state index is 0.0278. The van der Waals surface area contributed by atoms with E-state index in [1.165, 1.54) is 9.80 Å². The second kappa shape index (κ2) is 8.33. The fourth-order valence-electron chi connectivity index (χ4n) is 3.47. The molecule has 140 valence electrons. The molecule has 2 aromatic rings. The molecule has 1 atom stereocenters. The largest absolute Gasteiger partial charge is 0.495 e. The number of methoxy groups -OCH3 is 1. The van der Waals surface area contributed by atoms with Crippen LogP contribution in [0.25, 0.3) is 0 Å². The van der Waals surface area contributed by atoms with Crippen molar-refractivity contribution in [2.24, 2.45) is 0 Å². The average molecular weight is 360 g/mol. The molecule has 1 fully saturated rings. The molecule has 1 saturated heterocycles. The molecule has 1 aromatic heterocycles. The van der Waals surface area contributed by atoms with Gasteiger partial charge < -0.3 is 24.4 Å². The van der Waals surface area contributed by atoms with Crippen molar-refractivity contribution in [1.29, 1.82) is 0 Å². The molecule has 0 unspecified atom stereocenters. The topological polar surface area (TPSA) is 73.2 Å². The number of amides is 1. The number of carbonyl (C=O) groups is 1. The van der Waals surface area contributed by atoms with Crippen LogP contribution in [0, 0.1) is 6.92 Å². The molecule has 1 aliphatic rings. The molecule has 3 rings (SSSR count). The molecule has 0 spiro atoms. The number of hydrogen-bond acceptors (Lipinski definition) is 4. The van der Waals surface area contributed by atoms with E-state index in [0.29, 0.717) is 5.75 Å². The zero-order valence-electron chi connectivity index (χ0n) is 15.7. The van der Waals surface area contributed by atoms with E-state index < -0.39 is 0 Å². The predicted octanol–water partition coefficient (Wildman–Crippen LogP) is -0.698. The third-order valence-electron chi connectivity index (χ3n) is 5.08. The first-order valence-electron chi connectivity index (χ1n) is 9.11. The van der Waals surface area contributed by atoms with E-state index in [9.17, 15) is 4.79 Å². The van der Waals surface area contributed by atoms with Crippen LogP contribution in [0.1, 0.15) is 18.4 Å². The molecule has 1 aromatic carbocycles. The van der Waals surface area contributed by atoms with Crippen molar-refractivity contribution in [3.8, 4) is 5.75 Å². The Morgan fingerprint density at radius 2 is 2.04 bits per heavy atom. The highest BCUT2D eigenvalue weighted by atomic mass is 16.5. The summed E-state index contributed by atoms with van der Waals surface area (Å²) in [7, 11) is 1.61. The summed E-state index contributed by atoms with van der Waals surface area (Å²) in [6, 6.07) is 9.39. The quantitative estimate of drug-likeness (QED) is 0.637. The zero-order valence-corrected chi connectivity index (χ0v) is 15.7. The number of rotatable bonds is 6. The first-order chi connectivity index (χ1) is 12.6. The molecule has 0 aliphatic carbocycles. The summed E-state index contributed by atoms with van der Waals surface area (Å²) in [4.78, 5) is 15.4. The summed E-state index contributed by atoms with van der Waals surface area (Å²) in [6.45, 7) is 8.76. The summed E-state index contributed by atoms with van der Waals surface area (Å²) >= 11 is 0. The number of para-hydroxylation sites is 2. The van der Waals surface area contributed by atoms with Gasteiger partial charge in [-0.1, -0.05) is 17.3 Å². The van der Waals surface area contributed by atoms with Crippen LogP contribution >= 0.6 is 0 Å². The minimum atomic E-state index is -0.101. The highest BCUT2D eigenvalue weighted by molar-refractivity contribution is 5.94. The Hall–Kier alpha value is -2.38. The first-order valence-corrected chi connectivity index (χ1v) is 9.11. The van der Waals surface area contributed by atoms with Gasteiger partial charge >= 0.3 is 0 Å². The van der Waals surface area contributed by atoms with Gasteiger partial charge in [0.1, 0.15) is 49.9 Å². The van der Waals surface area contributed by atoms with E-state index in [-0.39, 0.29) is 11.9 Å². The van der Waals surface area contributed by atoms with E-state index in [2.05, 4.69) is 10.5 Å². The number of piperazine rings is 1. The second-order valence-electron chi connectivity index (χ2n) is 6.93. The van der Waals surface area contributed by atoms with Crippen molar-refractivity contribution in [2.45, 2.75) is 26.4 Å². The summed E-state index contributed by atoms with van der Waals surface area (Å²) in [5.41, 5.74) is 1.72. The SMILES string of the molecule is COc1ccccc1NC(=O)[C@@H](C)[NH+]1CC[NH+](Cc2cc(C)on2)CC1. The smallest absolute Gasteiger partial charge is 0.282 e. The maximum absolute atomic E-state index is 12.6. The molecular weight excluding hydrogens is 332 g/mol. The number of anilines is 1. The zero-order chi connectivity index (χ0) is 18.5. The van der Waals surface area contributed by atoms with Gasteiger partial charge in [0, 0.05) is 6.07 Å². The standard InChI is InChI=1S/C19H26N4O3/c1-14-12-16(21-26-14)13-22-8-10-23(11-9-22)15(2)19(24)20-17-6-4-5-7-18(17)25-3/h4-7,12,15H,8-11,13H2,1-3H3,(H,20,24)/p+2/t15-/m1/s1. The van der Waals surface area contributed by atoms with E-state index >= 15 is 0 Å². The summed E-state index contributed by atoms with van der Waals surface area (Å²) < 4.78 is 10.4. The lowest BCUT2D eigenvalue weighted by molar-refractivity contribution is -1.02. The van der Waals surface area contributed by atoms with Crippen LogP contribution in [0.3, 0.4) is 0 Å². The van der Waals surface area contributed by atoms with Gasteiger partial charge in [0.2, 0.25) is 0 Å². The van der Waals surface area contributed by atoms with E-state index in [4.69, 9.17) is 9.26 Å². The summed E-state index contributed by atoms with van der Waals surface area (Å²) in [5, 5.41) is 7.08. The van der Waals surface area contributed by atoms with E-state index in [0.717, 1.165) is 49.9 Å². The van der Waals surface area contributed by atoms with Crippen molar-refractivity contribution in [3.63, 3.8) is 0 Å². The number of quaternary nitrogens is 2. The van der Waals surface area contributed by atoms with Gasteiger partial charge in [-0.25, -0.2) is 0 Å². The fraction of sp³-hybridized carbons (Fsp3) is 0.474. The van der Waals surface area contributed by atoms with Crippen molar-refractivity contribution in [2.75, 3.05) is 38.6 Å². The van der Waals surface area contributed by atoms with Crippen LogP contribution in [0.4, 0.5) is 5.69 Å². The van der Waals surface area contributed by atoms with Crippen LogP contribution in [0.15, 0.2) is 34.9 Å². The fourth-order valence-corrected chi connectivity index (χ4v) is 3.47. The van der Waals surface area contributed by atoms with Gasteiger partial charge in [0.25, 0.3) is 5.91 Å². The molecule has 7 nitrogen and oxygen atoms in total. The molecule has 26 heavy (non-hydrogen) atoms. The maximum atomic E-state index is 12.6.